The van der Waals surface area contributed by atoms with Crippen LogP contribution < -0.4 is 14.8 Å². The minimum atomic E-state index is 0.0236. The van der Waals surface area contributed by atoms with E-state index < -0.39 is 0 Å². The van der Waals surface area contributed by atoms with Gasteiger partial charge >= 0.3 is 0 Å². The first-order chi connectivity index (χ1) is 12.3. The van der Waals surface area contributed by atoms with Gasteiger partial charge in [-0.3, -0.25) is 4.98 Å². The van der Waals surface area contributed by atoms with Crippen LogP contribution in [0.15, 0.2) is 72.9 Å². The summed E-state index contributed by atoms with van der Waals surface area (Å²) in [5.74, 6) is 1.46. The topological polar surface area (TPSA) is 43.4 Å². The lowest BCUT2D eigenvalue weighted by Gasteiger charge is -2.19. The van der Waals surface area contributed by atoms with Gasteiger partial charge in [-0.2, -0.15) is 0 Å². The van der Waals surface area contributed by atoms with Gasteiger partial charge in [0.25, 0.3) is 0 Å². The van der Waals surface area contributed by atoms with E-state index in [2.05, 4.69) is 22.4 Å². The molecule has 0 aliphatic carbocycles. The minimum Gasteiger partial charge on any atom is -0.493 e. The van der Waals surface area contributed by atoms with E-state index in [9.17, 15) is 0 Å². The van der Waals surface area contributed by atoms with Gasteiger partial charge in [-0.25, -0.2) is 0 Å². The number of nitrogens with zero attached hydrogens (tertiary/aromatic N) is 1. The molecule has 4 nitrogen and oxygen atoms in total. The Morgan fingerprint density at radius 2 is 1.64 bits per heavy atom. The lowest BCUT2D eigenvalue weighted by Crippen LogP contribution is -2.23. The number of hydrogen-bond acceptors (Lipinski definition) is 4. The smallest absolute Gasteiger partial charge is 0.161 e. The Bertz CT molecular complexity index is 752. The van der Waals surface area contributed by atoms with Gasteiger partial charge in [0.05, 0.1) is 26.0 Å². The van der Waals surface area contributed by atoms with E-state index in [0.717, 1.165) is 22.8 Å². The summed E-state index contributed by atoms with van der Waals surface area (Å²) in [7, 11) is 3.29. The van der Waals surface area contributed by atoms with Crippen molar-refractivity contribution in [3.8, 4) is 11.5 Å². The number of nitrogens with one attached hydrogen (secondary N) is 1. The summed E-state index contributed by atoms with van der Waals surface area (Å²) in [6.45, 7) is 0.691. The fourth-order valence-corrected chi connectivity index (χ4v) is 2.80. The molecular formula is C21H22N2O2. The minimum absolute atomic E-state index is 0.0236. The van der Waals surface area contributed by atoms with Gasteiger partial charge in [-0.05, 0) is 35.4 Å². The van der Waals surface area contributed by atoms with Gasteiger partial charge in [0.15, 0.2) is 11.5 Å². The second kappa shape index (κ2) is 8.31. The van der Waals surface area contributed by atoms with Crippen molar-refractivity contribution < 1.29 is 9.47 Å². The van der Waals surface area contributed by atoms with Gasteiger partial charge in [0, 0.05) is 12.7 Å². The molecule has 25 heavy (non-hydrogen) atoms. The van der Waals surface area contributed by atoms with Crippen molar-refractivity contribution in [3.05, 3.63) is 89.7 Å². The standard InChI is InChI=1S/C21H22N2O2/c1-24-19-12-11-16(14-20(19)25-2)15-23-21(17-8-4-3-5-9-17)18-10-6-7-13-22-18/h3-14,21,23H,15H2,1-2H3/t21-/m1/s1. The molecule has 128 valence electrons. The molecule has 0 unspecified atom stereocenters. The van der Waals surface area contributed by atoms with Crippen molar-refractivity contribution >= 4 is 0 Å². The molecule has 0 saturated heterocycles. The summed E-state index contributed by atoms with van der Waals surface area (Å²) in [6, 6.07) is 22.3. The number of ether oxygens (including phenoxy) is 2. The molecule has 3 rings (SSSR count). The summed E-state index contributed by atoms with van der Waals surface area (Å²) < 4.78 is 10.7. The average Bonchev–Trinajstić information content (AvgIpc) is 2.69. The highest BCUT2D eigenvalue weighted by molar-refractivity contribution is 5.43. The Hall–Kier alpha value is -2.85. The van der Waals surface area contributed by atoms with Crippen LogP contribution in [0.3, 0.4) is 0 Å². The molecule has 1 heterocycles. The molecule has 0 saturated carbocycles. The Morgan fingerprint density at radius 1 is 0.880 bits per heavy atom. The molecule has 0 fully saturated rings. The highest BCUT2D eigenvalue weighted by Crippen LogP contribution is 2.28. The fourth-order valence-electron chi connectivity index (χ4n) is 2.80. The van der Waals surface area contributed by atoms with E-state index in [-0.39, 0.29) is 6.04 Å². The first-order valence-electron chi connectivity index (χ1n) is 8.22. The van der Waals surface area contributed by atoms with E-state index in [0.29, 0.717) is 6.54 Å². The van der Waals surface area contributed by atoms with Gasteiger partial charge in [-0.1, -0.05) is 42.5 Å². The van der Waals surface area contributed by atoms with Gasteiger partial charge in [0.1, 0.15) is 0 Å². The zero-order valence-corrected chi connectivity index (χ0v) is 14.5. The summed E-state index contributed by atoms with van der Waals surface area (Å²) in [5.41, 5.74) is 3.30. The predicted octanol–water partition coefficient (Wildman–Crippen LogP) is 3.98. The second-order valence-corrected chi connectivity index (χ2v) is 5.67. The molecule has 1 atom stereocenters. The van der Waals surface area contributed by atoms with Crippen molar-refractivity contribution in [1.29, 1.82) is 0 Å². The molecule has 4 heteroatoms. The van der Waals surface area contributed by atoms with Crippen LogP contribution in [-0.2, 0) is 6.54 Å². The normalized spacial score (nSPS) is 11.8. The molecule has 0 spiro atoms. The summed E-state index contributed by atoms with van der Waals surface area (Å²) in [4.78, 5) is 4.52. The first-order valence-corrected chi connectivity index (χ1v) is 8.22. The van der Waals surface area contributed by atoms with E-state index in [1.165, 1.54) is 5.56 Å². The van der Waals surface area contributed by atoms with Crippen molar-refractivity contribution in [2.24, 2.45) is 0 Å². The van der Waals surface area contributed by atoms with E-state index >= 15 is 0 Å². The Morgan fingerprint density at radius 3 is 2.32 bits per heavy atom. The number of hydrogen-bond donors (Lipinski definition) is 1. The molecule has 0 aliphatic rings. The van der Waals surface area contributed by atoms with Crippen molar-refractivity contribution in [3.63, 3.8) is 0 Å². The lowest BCUT2D eigenvalue weighted by atomic mass is 10.0. The molecule has 0 aliphatic heterocycles. The molecule has 0 amide bonds. The fraction of sp³-hybridized carbons (Fsp3) is 0.190. The van der Waals surface area contributed by atoms with Gasteiger partial charge in [-0.15, -0.1) is 0 Å². The number of methoxy groups -OCH3 is 2. The number of rotatable bonds is 7. The summed E-state index contributed by atoms with van der Waals surface area (Å²) in [5, 5.41) is 3.60. The van der Waals surface area contributed by atoms with Gasteiger partial charge in [0.2, 0.25) is 0 Å². The van der Waals surface area contributed by atoms with Crippen molar-refractivity contribution in [1.82, 2.24) is 10.3 Å². The van der Waals surface area contributed by atoms with Crippen LogP contribution in [-0.4, -0.2) is 19.2 Å². The van der Waals surface area contributed by atoms with Crippen LogP contribution in [0.4, 0.5) is 0 Å². The maximum atomic E-state index is 5.39. The maximum absolute atomic E-state index is 5.39. The third-order valence-corrected chi connectivity index (χ3v) is 4.07. The predicted molar refractivity (Wildman–Crippen MR) is 98.9 cm³/mol. The van der Waals surface area contributed by atoms with Crippen LogP contribution in [0.1, 0.15) is 22.9 Å². The van der Waals surface area contributed by atoms with Crippen LogP contribution in [0.2, 0.25) is 0 Å². The van der Waals surface area contributed by atoms with Crippen LogP contribution in [0.5, 0.6) is 11.5 Å². The van der Waals surface area contributed by atoms with Crippen molar-refractivity contribution in [2.45, 2.75) is 12.6 Å². The zero-order chi connectivity index (χ0) is 17.5. The van der Waals surface area contributed by atoms with E-state index in [4.69, 9.17) is 9.47 Å². The van der Waals surface area contributed by atoms with Crippen molar-refractivity contribution in [2.75, 3.05) is 14.2 Å². The highest BCUT2D eigenvalue weighted by Gasteiger charge is 2.15. The Labute approximate surface area is 148 Å². The first kappa shape index (κ1) is 17.0. The molecule has 2 aromatic carbocycles. The third kappa shape index (κ3) is 4.17. The maximum Gasteiger partial charge on any atom is 0.161 e. The number of pyridine rings is 1. The lowest BCUT2D eigenvalue weighted by molar-refractivity contribution is 0.354. The summed E-state index contributed by atoms with van der Waals surface area (Å²) >= 11 is 0. The van der Waals surface area contributed by atoms with E-state index in [1.807, 2.05) is 60.8 Å². The quantitative estimate of drug-likeness (QED) is 0.710. The molecular weight excluding hydrogens is 312 g/mol. The SMILES string of the molecule is COc1ccc(CN[C@H](c2ccccc2)c2ccccn2)cc1OC. The zero-order valence-electron chi connectivity index (χ0n) is 14.5. The number of benzene rings is 2. The average molecular weight is 334 g/mol. The molecule has 3 aromatic rings. The molecule has 0 radical (unpaired) electrons. The molecule has 1 N–H and O–H groups in total. The van der Waals surface area contributed by atoms with Crippen LogP contribution >= 0.6 is 0 Å². The monoisotopic (exact) mass is 334 g/mol. The highest BCUT2D eigenvalue weighted by atomic mass is 16.5. The Kier molecular flexibility index (Phi) is 5.65. The van der Waals surface area contributed by atoms with E-state index in [1.54, 1.807) is 14.2 Å². The number of aromatic nitrogens is 1. The summed E-state index contributed by atoms with van der Waals surface area (Å²) in [6.07, 6.45) is 1.82. The third-order valence-electron chi connectivity index (χ3n) is 4.07. The molecule has 1 aromatic heterocycles. The Balaban J connectivity index is 1.82. The van der Waals surface area contributed by atoms with Crippen LogP contribution in [0.25, 0.3) is 0 Å². The van der Waals surface area contributed by atoms with Crippen LogP contribution in [0, 0.1) is 0 Å². The second-order valence-electron chi connectivity index (χ2n) is 5.67. The molecule has 0 bridgehead atoms. The largest absolute Gasteiger partial charge is 0.493 e. The van der Waals surface area contributed by atoms with Gasteiger partial charge < -0.3 is 14.8 Å².